The van der Waals surface area contributed by atoms with Gasteiger partial charge in [0.25, 0.3) is 0 Å². The van der Waals surface area contributed by atoms with E-state index >= 15 is 0 Å². The smallest absolute Gasteiger partial charge is 0.231 e. The third-order valence-electron chi connectivity index (χ3n) is 5.77. The lowest BCUT2D eigenvalue weighted by Gasteiger charge is -2.15. The number of carbonyl (C=O) groups is 1. The molecule has 0 spiro atoms. The third kappa shape index (κ3) is 4.92. The highest BCUT2D eigenvalue weighted by Gasteiger charge is 2.18. The van der Waals surface area contributed by atoms with Crippen LogP contribution in [0.5, 0.6) is 11.6 Å². The van der Waals surface area contributed by atoms with Crippen LogP contribution in [-0.4, -0.2) is 25.7 Å². The number of hydrogen-bond donors (Lipinski definition) is 1. The van der Waals surface area contributed by atoms with Gasteiger partial charge in [-0.05, 0) is 62.6 Å². The van der Waals surface area contributed by atoms with E-state index in [0.29, 0.717) is 23.1 Å². The topological polar surface area (TPSA) is 81.9 Å². The Bertz CT molecular complexity index is 1250. The molecule has 0 aliphatic heterocycles. The summed E-state index contributed by atoms with van der Waals surface area (Å²) in [5.41, 5.74) is 4.84. The highest BCUT2D eigenvalue weighted by atomic mass is 16.5. The molecule has 4 rings (SSSR count). The fourth-order valence-electron chi connectivity index (χ4n) is 3.66. The van der Waals surface area contributed by atoms with Crippen molar-refractivity contribution in [2.75, 3.05) is 5.32 Å². The number of amides is 1. The molecule has 2 heterocycles. The number of carbonyl (C=O) groups excluding carboxylic acids is 1. The summed E-state index contributed by atoms with van der Waals surface area (Å²) in [6, 6.07) is 18.8. The summed E-state index contributed by atoms with van der Waals surface area (Å²) in [6.45, 7) is 8.03. The number of benzene rings is 2. The van der Waals surface area contributed by atoms with E-state index in [0.717, 1.165) is 28.9 Å². The molecule has 2 aromatic carbocycles. The van der Waals surface area contributed by atoms with Gasteiger partial charge in [0.1, 0.15) is 12.1 Å². The fraction of sp³-hybridized carbons (Fsp3) is 0.231. The molecular weight excluding hydrogens is 414 g/mol. The molecule has 4 aromatic rings. The van der Waals surface area contributed by atoms with E-state index < -0.39 is 0 Å². The average molecular weight is 442 g/mol. The number of hydrogen-bond acceptors (Lipinski definition) is 5. The van der Waals surface area contributed by atoms with Crippen LogP contribution in [-0.2, 0) is 4.79 Å². The number of nitrogens with one attached hydrogen (secondary N) is 1. The molecule has 0 radical (unpaired) electrons. The Labute approximate surface area is 193 Å². The molecule has 1 amide bonds. The SMILES string of the molecule is CCC(C(=O)Nc1ccc(Oc2cc(-n3nc(C)c(C)c3C)ncn2)cc1)c1ccccc1. The highest BCUT2D eigenvalue weighted by molar-refractivity contribution is 5.95. The first kappa shape index (κ1) is 22.2. The summed E-state index contributed by atoms with van der Waals surface area (Å²) < 4.78 is 7.70. The summed E-state index contributed by atoms with van der Waals surface area (Å²) in [6.07, 6.45) is 2.18. The van der Waals surface area contributed by atoms with Crippen LogP contribution >= 0.6 is 0 Å². The quantitative estimate of drug-likeness (QED) is 0.409. The lowest BCUT2D eigenvalue weighted by atomic mass is 9.95. The molecule has 7 heteroatoms. The van der Waals surface area contributed by atoms with Crippen molar-refractivity contribution in [1.29, 1.82) is 0 Å². The number of anilines is 1. The monoisotopic (exact) mass is 441 g/mol. The molecule has 0 bridgehead atoms. The lowest BCUT2D eigenvalue weighted by molar-refractivity contribution is -0.117. The molecule has 168 valence electrons. The average Bonchev–Trinajstić information content (AvgIpc) is 3.09. The van der Waals surface area contributed by atoms with Gasteiger partial charge < -0.3 is 10.1 Å². The molecule has 0 fully saturated rings. The van der Waals surface area contributed by atoms with Crippen molar-refractivity contribution < 1.29 is 9.53 Å². The number of ether oxygens (including phenoxy) is 1. The van der Waals surface area contributed by atoms with Crippen molar-refractivity contribution >= 4 is 11.6 Å². The molecule has 7 nitrogen and oxygen atoms in total. The van der Waals surface area contributed by atoms with Crippen LogP contribution in [0.4, 0.5) is 5.69 Å². The zero-order valence-electron chi connectivity index (χ0n) is 19.2. The van der Waals surface area contributed by atoms with Crippen molar-refractivity contribution in [3.8, 4) is 17.4 Å². The molecule has 0 saturated heterocycles. The van der Waals surface area contributed by atoms with Crippen molar-refractivity contribution in [2.45, 2.75) is 40.0 Å². The number of aromatic nitrogens is 4. The Hall–Kier alpha value is -4.00. The van der Waals surface area contributed by atoms with Gasteiger partial charge in [-0.2, -0.15) is 5.10 Å². The van der Waals surface area contributed by atoms with Crippen LogP contribution in [0, 0.1) is 20.8 Å². The Balaban J connectivity index is 1.45. The van der Waals surface area contributed by atoms with E-state index in [1.807, 2.05) is 70.2 Å². The molecule has 0 saturated carbocycles. The molecule has 33 heavy (non-hydrogen) atoms. The van der Waals surface area contributed by atoms with Crippen LogP contribution in [0.2, 0.25) is 0 Å². The maximum Gasteiger partial charge on any atom is 0.231 e. The van der Waals surface area contributed by atoms with E-state index in [9.17, 15) is 4.79 Å². The molecular formula is C26H27N5O2. The second-order valence-electron chi connectivity index (χ2n) is 7.91. The first-order valence-electron chi connectivity index (χ1n) is 10.9. The third-order valence-corrected chi connectivity index (χ3v) is 5.77. The number of aryl methyl sites for hydroxylation is 1. The zero-order chi connectivity index (χ0) is 23.4. The minimum atomic E-state index is -0.195. The van der Waals surface area contributed by atoms with Gasteiger partial charge in [-0.15, -0.1) is 0 Å². The number of rotatable bonds is 7. The standard InChI is InChI=1S/C26H27N5O2/c1-5-23(20-9-7-6-8-10-20)26(32)29-21-11-13-22(14-12-21)33-25-15-24(27-16-28-25)31-19(4)17(2)18(3)30-31/h6-16,23H,5H2,1-4H3,(H,29,32). The predicted molar refractivity (Wildman–Crippen MR) is 128 cm³/mol. The predicted octanol–water partition coefficient (Wildman–Crippen LogP) is 5.51. The zero-order valence-corrected chi connectivity index (χ0v) is 19.2. The van der Waals surface area contributed by atoms with E-state index in [4.69, 9.17) is 4.74 Å². The fourth-order valence-corrected chi connectivity index (χ4v) is 3.66. The van der Waals surface area contributed by atoms with Gasteiger partial charge in [0.15, 0.2) is 5.82 Å². The first-order chi connectivity index (χ1) is 16.0. The van der Waals surface area contributed by atoms with Gasteiger partial charge in [-0.25, -0.2) is 14.6 Å². The van der Waals surface area contributed by atoms with Crippen LogP contribution in [0.1, 0.15) is 41.8 Å². The minimum Gasteiger partial charge on any atom is -0.439 e. The van der Waals surface area contributed by atoms with E-state index in [-0.39, 0.29) is 11.8 Å². The van der Waals surface area contributed by atoms with Gasteiger partial charge >= 0.3 is 0 Å². The van der Waals surface area contributed by atoms with E-state index in [1.165, 1.54) is 6.33 Å². The summed E-state index contributed by atoms with van der Waals surface area (Å²) in [5, 5.41) is 7.54. The van der Waals surface area contributed by atoms with E-state index in [2.05, 4.69) is 20.4 Å². The molecule has 0 aliphatic carbocycles. The van der Waals surface area contributed by atoms with Crippen molar-refractivity contribution in [3.63, 3.8) is 0 Å². The molecule has 1 N–H and O–H groups in total. The Kier molecular flexibility index (Phi) is 6.49. The highest BCUT2D eigenvalue weighted by Crippen LogP contribution is 2.25. The maximum absolute atomic E-state index is 12.8. The van der Waals surface area contributed by atoms with Crippen LogP contribution in [0.25, 0.3) is 5.82 Å². The lowest BCUT2D eigenvalue weighted by Crippen LogP contribution is -2.20. The summed E-state index contributed by atoms with van der Waals surface area (Å²) >= 11 is 0. The van der Waals surface area contributed by atoms with Crippen LogP contribution in [0.15, 0.2) is 67.0 Å². The van der Waals surface area contributed by atoms with Crippen LogP contribution in [0.3, 0.4) is 0 Å². The molecule has 1 atom stereocenters. The maximum atomic E-state index is 12.8. The Morgan fingerprint density at radius 1 is 1.03 bits per heavy atom. The Morgan fingerprint density at radius 2 is 1.76 bits per heavy atom. The molecule has 0 aliphatic rings. The second kappa shape index (κ2) is 9.65. The van der Waals surface area contributed by atoms with Crippen molar-refractivity contribution in [1.82, 2.24) is 19.7 Å². The van der Waals surface area contributed by atoms with Gasteiger partial charge in [0, 0.05) is 17.4 Å². The Morgan fingerprint density at radius 3 is 2.39 bits per heavy atom. The molecule has 1 unspecified atom stereocenters. The largest absolute Gasteiger partial charge is 0.439 e. The van der Waals surface area contributed by atoms with Crippen LogP contribution < -0.4 is 10.1 Å². The van der Waals surface area contributed by atoms with Gasteiger partial charge in [-0.1, -0.05) is 37.3 Å². The summed E-state index contributed by atoms with van der Waals surface area (Å²) in [4.78, 5) is 21.3. The first-order valence-corrected chi connectivity index (χ1v) is 10.9. The van der Waals surface area contributed by atoms with Crippen molar-refractivity contribution in [3.05, 3.63) is 89.5 Å². The minimum absolute atomic E-state index is 0.0296. The normalized spacial score (nSPS) is 11.8. The summed E-state index contributed by atoms with van der Waals surface area (Å²) in [5.74, 6) is 1.44. The van der Waals surface area contributed by atoms with E-state index in [1.54, 1.807) is 22.9 Å². The second-order valence-corrected chi connectivity index (χ2v) is 7.91. The van der Waals surface area contributed by atoms with Gasteiger partial charge in [-0.3, -0.25) is 4.79 Å². The number of nitrogens with zero attached hydrogens (tertiary/aromatic N) is 4. The summed E-state index contributed by atoms with van der Waals surface area (Å²) in [7, 11) is 0. The van der Waals surface area contributed by atoms with Gasteiger partial charge in [0.05, 0.1) is 11.6 Å². The van der Waals surface area contributed by atoms with Crippen molar-refractivity contribution in [2.24, 2.45) is 0 Å². The molecule has 2 aromatic heterocycles. The van der Waals surface area contributed by atoms with Gasteiger partial charge in [0.2, 0.25) is 11.8 Å².